The van der Waals surface area contributed by atoms with Crippen LogP contribution in [0.25, 0.3) is 0 Å². The van der Waals surface area contributed by atoms with Gasteiger partial charge in [-0.3, -0.25) is 0 Å². The van der Waals surface area contributed by atoms with Crippen LogP contribution in [0.5, 0.6) is 0 Å². The van der Waals surface area contributed by atoms with Gasteiger partial charge in [-0.2, -0.15) is 0 Å². The number of rotatable bonds is 5. The lowest BCUT2D eigenvalue weighted by molar-refractivity contribution is 1.03. The highest BCUT2D eigenvalue weighted by atomic mass is 14.1. The molecule has 0 saturated carbocycles. The molecule has 0 heterocycles. The Bertz CT molecular complexity index is 518. The van der Waals surface area contributed by atoms with Crippen LogP contribution in [0.1, 0.15) is 52.2 Å². The van der Waals surface area contributed by atoms with Crippen molar-refractivity contribution in [1.29, 1.82) is 0 Å². The molecule has 1 aromatic rings. The van der Waals surface area contributed by atoms with E-state index >= 15 is 0 Å². The Morgan fingerprint density at radius 3 is 2.05 bits per heavy atom. The number of hydrogen-bond acceptors (Lipinski definition) is 0. The average molecular weight is 268 g/mol. The molecule has 0 aliphatic heterocycles. The zero-order valence-electron chi connectivity index (χ0n) is 13.9. The van der Waals surface area contributed by atoms with Crippen LogP contribution >= 0.6 is 0 Å². The molecule has 0 spiro atoms. The summed E-state index contributed by atoms with van der Waals surface area (Å²) in [6.45, 7) is 13.1. The standard InChI is InChI=1S/C20H28/c1-7-19(13-17(6)15(3)4)20(8-2)14-18-11-9-16(5)10-12-18/h8-13H,7,14H2,1-6H3. The third-order valence-corrected chi connectivity index (χ3v) is 3.84. The van der Waals surface area contributed by atoms with Crippen molar-refractivity contribution in [3.8, 4) is 0 Å². The normalized spacial score (nSPS) is 12.5. The highest BCUT2D eigenvalue weighted by Gasteiger charge is 2.05. The molecule has 0 aliphatic carbocycles. The van der Waals surface area contributed by atoms with Gasteiger partial charge in [-0.05, 0) is 64.2 Å². The summed E-state index contributed by atoms with van der Waals surface area (Å²) in [4.78, 5) is 0. The van der Waals surface area contributed by atoms with Gasteiger partial charge in [0.2, 0.25) is 0 Å². The fourth-order valence-electron chi connectivity index (χ4n) is 2.15. The van der Waals surface area contributed by atoms with E-state index in [9.17, 15) is 0 Å². The Labute approximate surface area is 124 Å². The van der Waals surface area contributed by atoms with Gasteiger partial charge in [-0.25, -0.2) is 0 Å². The zero-order chi connectivity index (χ0) is 15.1. The minimum Gasteiger partial charge on any atom is -0.0838 e. The van der Waals surface area contributed by atoms with E-state index in [-0.39, 0.29) is 0 Å². The Morgan fingerprint density at radius 1 is 1.00 bits per heavy atom. The molecule has 0 heteroatoms. The molecule has 0 bridgehead atoms. The van der Waals surface area contributed by atoms with Crippen LogP contribution in [0, 0.1) is 6.92 Å². The second kappa shape index (κ2) is 7.89. The van der Waals surface area contributed by atoms with Gasteiger partial charge in [0, 0.05) is 0 Å². The third kappa shape index (κ3) is 4.85. The molecular weight excluding hydrogens is 240 g/mol. The van der Waals surface area contributed by atoms with Crippen molar-refractivity contribution in [3.63, 3.8) is 0 Å². The summed E-state index contributed by atoms with van der Waals surface area (Å²) in [7, 11) is 0. The smallest absolute Gasteiger partial charge is 0.00263 e. The van der Waals surface area contributed by atoms with Gasteiger partial charge in [0.25, 0.3) is 0 Å². The van der Waals surface area contributed by atoms with E-state index in [1.807, 2.05) is 0 Å². The summed E-state index contributed by atoms with van der Waals surface area (Å²) >= 11 is 0. The fraction of sp³-hybridized carbons (Fsp3) is 0.400. The summed E-state index contributed by atoms with van der Waals surface area (Å²) in [5.74, 6) is 0. The SMILES string of the molecule is CC=C(Cc1ccc(C)cc1)C(=CC(C)=C(C)C)CC. The molecule has 1 rings (SSSR count). The Hall–Kier alpha value is -1.56. The van der Waals surface area contributed by atoms with Gasteiger partial charge in [0.1, 0.15) is 0 Å². The Morgan fingerprint density at radius 2 is 1.60 bits per heavy atom. The lowest BCUT2D eigenvalue weighted by Gasteiger charge is -2.12. The Balaban J connectivity index is 3.00. The summed E-state index contributed by atoms with van der Waals surface area (Å²) < 4.78 is 0. The maximum Gasteiger partial charge on any atom is -0.00263 e. The number of aryl methyl sites for hydroxylation is 1. The van der Waals surface area contributed by atoms with E-state index in [0.717, 1.165) is 12.8 Å². The Kier molecular flexibility index (Phi) is 6.51. The predicted molar refractivity (Wildman–Crippen MR) is 91.1 cm³/mol. The first-order valence-electron chi connectivity index (χ1n) is 7.53. The van der Waals surface area contributed by atoms with Crippen LogP contribution in [0.3, 0.4) is 0 Å². The maximum atomic E-state index is 2.35. The van der Waals surface area contributed by atoms with E-state index in [2.05, 4.69) is 78.0 Å². The summed E-state index contributed by atoms with van der Waals surface area (Å²) in [6, 6.07) is 8.86. The molecule has 0 amide bonds. The molecular formula is C20H28. The highest BCUT2D eigenvalue weighted by Crippen LogP contribution is 2.22. The zero-order valence-corrected chi connectivity index (χ0v) is 13.9. The van der Waals surface area contributed by atoms with Gasteiger partial charge in [0.05, 0.1) is 0 Å². The minimum atomic E-state index is 1.02. The van der Waals surface area contributed by atoms with Crippen molar-refractivity contribution in [2.45, 2.75) is 54.4 Å². The van der Waals surface area contributed by atoms with E-state index in [1.165, 1.54) is 33.4 Å². The predicted octanol–water partition coefficient (Wildman–Crippen LogP) is 6.18. The van der Waals surface area contributed by atoms with Crippen LogP contribution in [0.2, 0.25) is 0 Å². The van der Waals surface area contributed by atoms with Gasteiger partial charge in [-0.15, -0.1) is 0 Å². The lowest BCUT2D eigenvalue weighted by atomic mass is 9.93. The second-order valence-corrected chi connectivity index (χ2v) is 5.68. The highest BCUT2D eigenvalue weighted by molar-refractivity contribution is 5.40. The summed E-state index contributed by atoms with van der Waals surface area (Å²) in [5.41, 5.74) is 8.37. The molecule has 0 aromatic heterocycles. The van der Waals surface area contributed by atoms with E-state index in [0.29, 0.717) is 0 Å². The quantitative estimate of drug-likeness (QED) is 0.560. The van der Waals surface area contributed by atoms with E-state index < -0.39 is 0 Å². The molecule has 0 fully saturated rings. The number of allylic oxidation sites excluding steroid dienone is 6. The molecule has 1 aromatic carbocycles. The maximum absolute atomic E-state index is 2.35. The molecule has 0 N–H and O–H groups in total. The van der Waals surface area contributed by atoms with E-state index in [1.54, 1.807) is 0 Å². The van der Waals surface area contributed by atoms with Crippen molar-refractivity contribution in [2.75, 3.05) is 0 Å². The molecule has 0 nitrogen and oxygen atoms in total. The third-order valence-electron chi connectivity index (χ3n) is 3.84. The van der Waals surface area contributed by atoms with Crippen LogP contribution in [-0.2, 0) is 6.42 Å². The van der Waals surface area contributed by atoms with Crippen LogP contribution < -0.4 is 0 Å². The van der Waals surface area contributed by atoms with Crippen LogP contribution in [-0.4, -0.2) is 0 Å². The summed E-state index contributed by atoms with van der Waals surface area (Å²) in [6.07, 6.45) is 6.70. The van der Waals surface area contributed by atoms with Gasteiger partial charge in [0.15, 0.2) is 0 Å². The average Bonchev–Trinajstić information content (AvgIpc) is 2.44. The second-order valence-electron chi connectivity index (χ2n) is 5.68. The molecule has 0 atom stereocenters. The van der Waals surface area contributed by atoms with Crippen molar-refractivity contribution < 1.29 is 0 Å². The monoisotopic (exact) mass is 268 g/mol. The first kappa shape index (κ1) is 16.5. The molecule has 0 unspecified atom stereocenters. The molecule has 0 radical (unpaired) electrons. The molecule has 108 valence electrons. The van der Waals surface area contributed by atoms with Gasteiger partial charge in [-0.1, -0.05) is 60.1 Å². The molecule has 20 heavy (non-hydrogen) atoms. The topological polar surface area (TPSA) is 0 Å². The largest absolute Gasteiger partial charge is 0.0838 e. The lowest BCUT2D eigenvalue weighted by Crippen LogP contribution is -1.96. The number of hydrogen-bond donors (Lipinski definition) is 0. The first-order valence-corrected chi connectivity index (χ1v) is 7.53. The number of benzene rings is 1. The van der Waals surface area contributed by atoms with Crippen molar-refractivity contribution in [3.05, 3.63) is 69.8 Å². The summed E-state index contributed by atoms with van der Waals surface area (Å²) in [5, 5.41) is 0. The van der Waals surface area contributed by atoms with Gasteiger partial charge >= 0.3 is 0 Å². The van der Waals surface area contributed by atoms with E-state index in [4.69, 9.17) is 0 Å². The van der Waals surface area contributed by atoms with Crippen molar-refractivity contribution in [2.24, 2.45) is 0 Å². The molecule has 0 aliphatic rings. The van der Waals surface area contributed by atoms with Crippen molar-refractivity contribution in [1.82, 2.24) is 0 Å². The fourth-order valence-corrected chi connectivity index (χ4v) is 2.15. The van der Waals surface area contributed by atoms with Crippen LogP contribution in [0.4, 0.5) is 0 Å². The molecule has 0 saturated heterocycles. The van der Waals surface area contributed by atoms with Gasteiger partial charge < -0.3 is 0 Å². The first-order chi connectivity index (χ1) is 9.47. The van der Waals surface area contributed by atoms with Crippen molar-refractivity contribution >= 4 is 0 Å². The minimum absolute atomic E-state index is 1.02. The van der Waals surface area contributed by atoms with Crippen LogP contribution in [0.15, 0.2) is 58.7 Å².